The predicted octanol–water partition coefficient (Wildman–Crippen LogP) is 6.91. The van der Waals surface area contributed by atoms with Crippen molar-refractivity contribution >= 4 is 21.8 Å². The van der Waals surface area contributed by atoms with Crippen LogP contribution in [0.1, 0.15) is 0 Å². The fraction of sp³-hybridized carbons (Fsp3) is 0. The number of nitrogens with zero attached hydrogens (tertiary/aromatic N) is 3. The Kier molecular flexibility index (Phi) is 4.10. The van der Waals surface area contributed by atoms with E-state index < -0.39 is 0 Å². The number of hydrogen-bond acceptors (Lipinski definition) is 2. The Labute approximate surface area is 180 Å². The van der Waals surface area contributed by atoms with Crippen LogP contribution in [0.4, 0.5) is 0 Å². The van der Waals surface area contributed by atoms with Gasteiger partial charge in [0.1, 0.15) is 0 Å². The van der Waals surface area contributed by atoms with Gasteiger partial charge in [-0.15, -0.1) is 0 Å². The molecule has 31 heavy (non-hydrogen) atoms. The van der Waals surface area contributed by atoms with E-state index in [1.165, 1.54) is 21.8 Å². The zero-order chi connectivity index (χ0) is 20.6. The van der Waals surface area contributed by atoms with Crippen LogP contribution in [0, 0.1) is 0 Å². The number of aromatic nitrogens is 3. The monoisotopic (exact) mass is 397 g/mol. The second kappa shape index (κ2) is 7.22. The SMILES string of the molecule is c1cncc(-c2ccc(-c3ccc(-n4c5ccccc5c5ccccc54)cc3)nc2)c1. The quantitative estimate of drug-likeness (QED) is 0.325. The second-order valence-corrected chi connectivity index (χ2v) is 7.59. The molecule has 3 nitrogen and oxygen atoms in total. The van der Waals surface area contributed by atoms with E-state index in [0.29, 0.717) is 0 Å². The lowest BCUT2D eigenvalue weighted by Gasteiger charge is -2.09. The fourth-order valence-corrected chi connectivity index (χ4v) is 4.25. The molecule has 0 radical (unpaired) electrons. The van der Waals surface area contributed by atoms with E-state index in [-0.39, 0.29) is 0 Å². The number of benzene rings is 3. The van der Waals surface area contributed by atoms with Crippen molar-refractivity contribution in [2.24, 2.45) is 0 Å². The van der Waals surface area contributed by atoms with E-state index in [2.05, 4.69) is 99.5 Å². The first kappa shape index (κ1) is 17.6. The first-order valence-electron chi connectivity index (χ1n) is 10.3. The summed E-state index contributed by atoms with van der Waals surface area (Å²) in [4.78, 5) is 8.87. The Morgan fingerprint density at radius 1 is 0.516 bits per heavy atom. The maximum absolute atomic E-state index is 4.68. The third kappa shape index (κ3) is 2.99. The lowest BCUT2D eigenvalue weighted by molar-refractivity contribution is 1.18. The lowest BCUT2D eigenvalue weighted by atomic mass is 10.1. The Morgan fingerprint density at radius 2 is 1.16 bits per heavy atom. The van der Waals surface area contributed by atoms with Gasteiger partial charge in [-0.2, -0.15) is 0 Å². The van der Waals surface area contributed by atoms with Crippen LogP contribution in [0.25, 0.3) is 49.9 Å². The Bertz CT molecular complexity index is 1440. The minimum absolute atomic E-state index is 0.960. The van der Waals surface area contributed by atoms with Crippen LogP contribution in [0.3, 0.4) is 0 Å². The summed E-state index contributed by atoms with van der Waals surface area (Å²) in [5, 5.41) is 2.55. The minimum Gasteiger partial charge on any atom is -0.309 e. The number of para-hydroxylation sites is 2. The van der Waals surface area contributed by atoms with Gasteiger partial charge in [-0.1, -0.05) is 60.7 Å². The maximum atomic E-state index is 4.68. The van der Waals surface area contributed by atoms with E-state index in [0.717, 1.165) is 28.1 Å². The van der Waals surface area contributed by atoms with Crippen LogP contribution in [-0.4, -0.2) is 14.5 Å². The first-order valence-corrected chi connectivity index (χ1v) is 10.3. The van der Waals surface area contributed by atoms with Gasteiger partial charge in [0, 0.05) is 51.7 Å². The van der Waals surface area contributed by atoms with Crippen LogP contribution >= 0.6 is 0 Å². The number of fused-ring (bicyclic) bond motifs is 3. The largest absolute Gasteiger partial charge is 0.309 e. The lowest BCUT2D eigenvalue weighted by Crippen LogP contribution is -1.94. The van der Waals surface area contributed by atoms with Gasteiger partial charge >= 0.3 is 0 Å². The normalized spacial score (nSPS) is 11.2. The standard InChI is InChI=1S/C28H19N3/c1-3-9-27-24(7-1)25-8-2-4-10-28(25)31(27)23-14-11-20(12-15-23)26-16-13-22(19-30-26)21-6-5-17-29-18-21/h1-19H. The summed E-state index contributed by atoms with van der Waals surface area (Å²) in [5.41, 5.74) is 7.78. The number of hydrogen-bond donors (Lipinski definition) is 0. The summed E-state index contributed by atoms with van der Waals surface area (Å²) in [5.74, 6) is 0. The van der Waals surface area contributed by atoms with Crippen LogP contribution in [-0.2, 0) is 0 Å². The first-order chi connectivity index (χ1) is 15.4. The third-order valence-corrected chi connectivity index (χ3v) is 5.76. The summed E-state index contributed by atoms with van der Waals surface area (Å²) >= 11 is 0. The van der Waals surface area contributed by atoms with Crippen molar-refractivity contribution in [1.82, 2.24) is 14.5 Å². The Hall–Kier alpha value is -4.24. The van der Waals surface area contributed by atoms with Gasteiger partial charge in [-0.05, 0) is 36.4 Å². The Balaban J connectivity index is 1.40. The predicted molar refractivity (Wildman–Crippen MR) is 127 cm³/mol. The van der Waals surface area contributed by atoms with Crippen molar-refractivity contribution in [2.45, 2.75) is 0 Å². The third-order valence-electron chi connectivity index (χ3n) is 5.76. The second-order valence-electron chi connectivity index (χ2n) is 7.59. The summed E-state index contributed by atoms with van der Waals surface area (Å²) in [6.07, 6.45) is 5.55. The van der Waals surface area contributed by atoms with Crippen LogP contribution in [0.15, 0.2) is 116 Å². The average molecular weight is 397 g/mol. The highest BCUT2D eigenvalue weighted by Gasteiger charge is 2.11. The molecule has 0 N–H and O–H groups in total. The van der Waals surface area contributed by atoms with E-state index >= 15 is 0 Å². The molecule has 0 unspecified atom stereocenters. The minimum atomic E-state index is 0.960. The molecule has 0 amide bonds. The molecule has 0 aliphatic rings. The van der Waals surface area contributed by atoms with E-state index in [1.807, 2.05) is 24.5 Å². The summed E-state index contributed by atoms with van der Waals surface area (Å²) in [6, 6.07) is 33.9. The van der Waals surface area contributed by atoms with Crippen molar-refractivity contribution in [1.29, 1.82) is 0 Å². The van der Waals surface area contributed by atoms with Gasteiger partial charge in [0.2, 0.25) is 0 Å². The molecule has 0 saturated heterocycles. The van der Waals surface area contributed by atoms with Gasteiger partial charge in [-0.3, -0.25) is 9.97 Å². The number of rotatable bonds is 3. The Morgan fingerprint density at radius 3 is 1.77 bits per heavy atom. The average Bonchev–Trinajstić information content (AvgIpc) is 3.19. The van der Waals surface area contributed by atoms with Crippen molar-refractivity contribution < 1.29 is 0 Å². The molecule has 0 atom stereocenters. The topological polar surface area (TPSA) is 30.7 Å². The maximum Gasteiger partial charge on any atom is 0.0702 e. The van der Waals surface area contributed by atoms with Crippen molar-refractivity contribution in [3.63, 3.8) is 0 Å². The molecule has 0 aliphatic carbocycles. The van der Waals surface area contributed by atoms with E-state index in [1.54, 1.807) is 6.20 Å². The van der Waals surface area contributed by atoms with E-state index in [9.17, 15) is 0 Å². The molecule has 3 heteroatoms. The van der Waals surface area contributed by atoms with Crippen LogP contribution in [0.5, 0.6) is 0 Å². The summed E-state index contributed by atoms with van der Waals surface area (Å²) in [7, 11) is 0. The van der Waals surface area contributed by atoms with Gasteiger partial charge < -0.3 is 4.57 Å². The number of pyridine rings is 2. The molecule has 146 valence electrons. The smallest absolute Gasteiger partial charge is 0.0702 e. The summed E-state index contributed by atoms with van der Waals surface area (Å²) < 4.78 is 2.33. The molecule has 0 saturated carbocycles. The van der Waals surface area contributed by atoms with E-state index in [4.69, 9.17) is 0 Å². The van der Waals surface area contributed by atoms with Crippen molar-refractivity contribution in [2.75, 3.05) is 0 Å². The highest BCUT2D eigenvalue weighted by Crippen LogP contribution is 2.32. The molecule has 3 aromatic heterocycles. The molecule has 0 spiro atoms. The molecule has 6 rings (SSSR count). The molecule has 3 aromatic carbocycles. The molecule has 6 aromatic rings. The van der Waals surface area contributed by atoms with Gasteiger partial charge in [-0.25, -0.2) is 0 Å². The molecule has 3 heterocycles. The van der Waals surface area contributed by atoms with Crippen molar-refractivity contribution in [3.05, 3.63) is 116 Å². The highest BCUT2D eigenvalue weighted by atomic mass is 15.0. The van der Waals surface area contributed by atoms with Gasteiger partial charge in [0.15, 0.2) is 0 Å². The molecular formula is C28H19N3. The van der Waals surface area contributed by atoms with Crippen LogP contribution in [0.2, 0.25) is 0 Å². The zero-order valence-corrected chi connectivity index (χ0v) is 16.8. The molecule has 0 bridgehead atoms. The summed E-state index contributed by atoms with van der Waals surface area (Å²) in [6.45, 7) is 0. The van der Waals surface area contributed by atoms with Crippen LogP contribution < -0.4 is 0 Å². The molecule has 0 aliphatic heterocycles. The van der Waals surface area contributed by atoms with Gasteiger partial charge in [0.05, 0.1) is 16.7 Å². The molecular weight excluding hydrogens is 378 g/mol. The fourth-order valence-electron chi connectivity index (χ4n) is 4.25. The molecule has 0 fully saturated rings. The van der Waals surface area contributed by atoms with Crippen molar-refractivity contribution in [3.8, 4) is 28.1 Å². The zero-order valence-electron chi connectivity index (χ0n) is 16.8. The van der Waals surface area contributed by atoms with Gasteiger partial charge in [0.25, 0.3) is 0 Å². The highest BCUT2D eigenvalue weighted by molar-refractivity contribution is 6.09.